The molecule has 0 fully saturated rings. The van der Waals surface area contributed by atoms with Gasteiger partial charge in [-0.1, -0.05) is 6.92 Å². The maximum Gasteiger partial charge on any atom is 0.141 e. The maximum absolute atomic E-state index is 12.9. The molecule has 0 aliphatic carbocycles. The van der Waals surface area contributed by atoms with Gasteiger partial charge in [0, 0.05) is 22.8 Å². The van der Waals surface area contributed by atoms with Crippen molar-refractivity contribution in [3.63, 3.8) is 0 Å². The lowest BCUT2D eigenvalue weighted by atomic mass is 9.90. The minimum Gasteiger partial charge on any atom is -0.383 e. The molecule has 19 heavy (non-hydrogen) atoms. The Morgan fingerprint density at radius 1 is 1.21 bits per heavy atom. The normalized spacial score (nSPS) is 14.1. The van der Waals surface area contributed by atoms with Crippen LogP contribution in [0.4, 0.5) is 4.39 Å². The summed E-state index contributed by atoms with van der Waals surface area (Å²) in [5, 5.41) is 10.7. The maximum atomic E-state index is 12.9. The SMILES string of the molecule is CCC(O)(Cc1ccc(Br)cn1)c1ccc(F)cn1. The third-order valence-corrected chi connectivity index (χ3v) is 3.52. The van der Waals surface area contributed by atoms with E-state index in [0.29, 0.717) is 18.5 Å². The van der Waals surface area contributed by atoms with Gasteiger partial charge >= 0.3 is 0 Å². The van der Waals surface area contributed by atoms with E-state index in [4.69, 9.17) is 0 Å². The first-order valence-electron chi connectivity index (χ1n) is 5.98. The van der Waals surface area contributed by atoms with Crippen LogP contribution in [0.3, 0.4) is 0 Å². The summed E-state index contributed by atoms with van der Waals surface area (Å²) in [5.41, 5.74) is 0.0916. The average molecular weight is 325 g/mol. The van der Waals surface area contributed by atoms with E-state index in [2.05, 4.69) is 25.9 Å². The third-order valence-electron chi connectivity index (χ3n) is 3.05. The van der Waals surface area contributed by atoms with E-state index in [0.717, 1.165) is 16.4 Å². The van der Waals surface area contributed by atoms with Gasteiger partial charge in [0.25, 0.3) is 0 Å². The Hall–Kier alpha value is -1.33. The quantitative estimate of drug-likeness (QED) is 0.939. The summed E-state index contributed by atoms with van der Waals surface area (Å²) in [5.74, 6) is -0.413. The number of hydrogen-bond donors (Lipinski definition) is 1. The molecule has 0 aromatic carbocycles. The van der Waals surface area contributed by atoms with Crippen LogP contribution in [0.1, 0.15) is 24.7 Å². The Bertz CT molecular complexity index is 544. The second-order valence-corrected chi connectivity index (χ2v) is 5.31. The number of hydrogen-bond acceptors (Lipinski definition) is 3. The molecule has 0 amide bonds. The van der Waals surface area contributed by atoms with Crippen LogP contribution in [0.5, 0.6) is 0 Å². The van der Waals surface area contributed by atoms with Crippen molar-refractivity contribution in [2.45, 2.75) is 25.4 Å². The van der Waals surface area contributed by atoms with Crippen molar-refractivity contribution in [1.29, 1.82) is 0 Å². The van der Waals surface area contributed by atoms with Crippen LogP contribution in [-0.4, -0.2) is 15.1 Å². The molecule has 0 aliphatic rings. The number of halogens is 2. The van der Waals surface area contributed by atoms with Gasteiger partial charge in [0.05, 0.1) is 11.9 Å². The molecule has 2 heterocycles. The number of aromatic nitrogens is 2. The molecule has 2 aromatic heterocycles. The summed E-state index contributed by atoms with van der Waals surface area (Å²) in [4.78, 5) is 8.22. The van der Waals surface area contributed by atoms with Gasteiger partial charge < -0.3 is 5.11 Å². The lowest BCUT2D eigenvalue weighted by molar-refractivity contribution is 0.0272. The monoisotopic (exact) mass is 324 g/mol. The highest BCUT2D eigenvalue weighted by Gasteiger charge is 2.29. The molecule has 0 spiro atoms. The zero-order valence-electron chi connectivity index (χ0n) is 10.5. The summed E-state index contributed by atoms with van der Waals surface area (Å²) >= 11 is 3.32. The first-order chi connectivity index (χ1) is 9.03. The van der Waals surface area contributed by atoms with Crippen LogP contribution in [0, 0.1) is 5.82 Å². The molecule has 0 aliphatic heterocycles. The zero-order valence-corrected chi connectivity index (χ0v) is 12.1. The number of aliphatic hydroxyl groups is 1. The van der Waals surface area contributed by atoms with Crippen molar-refractivity contribution in [3.05, 3.63) is 58.3 Å². The number of pyridine rings is 2. The Morgan fingerprint density at radius 3 is 2.53 bits per heavy atom. The van der Waals surface area contributed by atoms with E-state index in [1.165, 1.54) is 12.1 Å². The molecule has 1 unspecified atom stereocenters. The average Bonchev–Trinajstić information content (AvgIpc) is 2.42. The summed E-state index contributed by atoms with van der Waals surface area (Å²) in [6, 6.07) is 6.53. The third kappa shape index (κ3) is 3.36. The zero-order chi connectivity index (χ0) is 13.9. The van der Waals surface area contributed by atoms with Crippen molar-refractivity contribution in [2.75, 3.05) is 0 Å². The van der Waals surface area contributed by atoms with E-state index < -0.39 is 11.4 Å². The molecular formula is C14H14BrFN2O. The highest BCUT2D eigenvalue weighted by molar-refractivity contribution is 9.10. The summed E-state index contributed by atoms with van der Waals surface area (Å²) in [7, 11) is 0. The molecule has 0 radical (unpaired) electrons. The predicted molar refractivity (Wildman–Crippen MR) is 74.0 cm³/mol. The second-order valence-electron chi connectivity index (χ2n) is 4.39. The summed E-state index contributed by atoms with van der Waals surface area (Å²) in [6.45, 7) is 1.86. The molecule has 5 heteroatoms. The Labute approximate surface area is 119 Å². The van der Waals surface area contributed by atoms with Gasteiger partial charge in [-0.2, -0.15) is 0 Å². The summed E-state index contributed by atoms with van der Waals surface area (Å²) in [6.07, 6.45) is 3.62. The van der Waals surface area contributed by atoms with E-state index in [1.54, 1.807) is 6.20 Å². The minimum atomic E-state index is -1.13. The van der Waals surface area contributed by atoms with Crippen molar-refractivity contribution in [1.82, 2.24) is 9.97 Å². The van der Waals surface area contributed by atoms with E-state index in [-0.39, 0.29) is 0 Å². The van der Waals surface area contributed by atoms with Crippen molar-refractivity contribution >= 4 is 15.9 Å². The predicted octanol–water partition coefficient (Wildman–Crippen LogP) is 3.22. The molecule has 0 saturated carbocycles. The number of rotatable bonds is 4. The fourth-order valence-corrected chi connectivity index (χ4v) is 2.09. The van der Waals surface area contributed by atoms with Crippen LogP contribution in [0.15, 0.2) is 41.1 Å². The van der Waals surface area contributed by atoms with Gasteiger partial charge in [-0.05, 0) is 46.6 Å². The molecule has 2 rings (SSSR count). The van der Waals surface area contributed by atoms with Gasteiger partial charge in [0.1, 0.15) is 11.4 Å². The highest BCUT2D eigenvalue weighted by atomic mass is 79.9. The Kier molecular flexibility index (Phi) is 4.27. The molecule has 0 bridgehead atoms. The van der Waals surface area contributed by atoms with Gasteiger partial charge in [-0.3, -0.25) is 9.97 Å². The van der Waals surface area contributed by atoms with Crippen molar-refractivity contribution in [2.24, 2.45) is 0 Å². The summed E-state index contributed by atoms with van der Waals surface area (Å²) < 4.78 is 13.8. The van der Waals surface area contributed by atoms with Gasteiger partial charge in [-0.15, -0.1) is 0 Å². The minimum absolute atomic E-state index is 0.343. The fraction of sp³-hybridized carbons (Fsp3) is 0.286. The molecule has 2 aromatic rings. The molecule has 100 valence electrons. The lowest BCUT2D eigenvalue weighted by Gasteiger charge is -2.25. The van der Waals surface area contributed by atoms with Gasteiger partial charge in [0.15, 0.2) is 0 Å². The first-order valence-corrected chi connectivity index (χ1v) is 6.77. The Balaban J connectivity index is 2.27. The lowest BCUT2D eigenvalue weighted by Crippen LogP contribution is -2.29. The molecular weight excluding hydrogens is 311 g/mol. The molecule has 3 nitrogen and oxygen atoms in total. The fourth-order valence-electron chi connectivity index (χ4n) is 1.86. The molecule has 0 saturated heterocycles. The smallest absolute Gasteiger partial charge is 0.141 e. The first kappa shape index (κ1) is 14.1. The largest absolute Gasteiger partial charge is 0.383 e. The van der Waals surface area contributed by atoms with Crippen molar-refractivity contribution < 1.29 is 9.50 Å². The van der Waals surface area contributed by atoms with E-state index >= 15 is 0 Å². The highest BCUT2D eigenvalue weighted by Crippen LogP contribution is 2.27. The van der Waals surface area contributed by atoms with Crippen LogP contribution in [0.2, 0.25) is 0 Å². The van der Waals surface area contributed by atoms with Gasteiger partial charge in [-0.25, -0.2) is 4.39 Å². The molecule has 1 atom stereocenters. The van der Waals surface area contributed by atoms with Crippen LogP contribution in [0.25, 0.3) is 0 Å². The van der Waals surface area contributed by atoms with Crippen molar-refractivity contribution in [3.8, 4) is 0 Å². The van der Waals surface area contributed by atoms with Crippen LogP contribution < -0.4 is 0 Å². The topological polar surface area (TPSA) is 46.0 Å². The van der Waals surface area contributed by atoms with E-state index in [1.807, 2.05) is 19.1 Å². The Morgan fingerprint density at radius 2 is 2.00 bits per heavy atom. The van der Waals surface area contributed by atoms with E-state index in [9.17, 15) is 9.50 Å². The van der Waals surface area contributed by atoms with Gasteiger partial charge in [0.2, 0.25) is 0 Å². The second kappa shape index (κ2) is 5.75. The van der Waals surface area contributed by atoms with Crippen LogP contribution in [-0.2, 0) is 12.0 Å². The number of nitrogens with zero attached hydrogens (tertiary/aromatic N) is 2. The standard InChI is InChI=1S/C14H14BrFN2O/c1-2-14(19,13-6-4-11(16)9-18-13)7-12-5-3-10(15)8-17-12/h3-6,8-9,19H,2,7H2,1H3. The van der Waals surface area contributed by atoms with Crippen LogP contribution >= 0.6 is 15.9 Å². The molecule has 1 N–H and O–H groups in total.